The molecule has 0 saturated heterocycles. The third-order valence-electron chi connectivity index (χ3n) is 4.34. The van der Waals surface area contributed by atoms with Crippen molar-refractivity contribution in [1.29, 1.82) is 0 Å². The summed E-state index contributed by atoms with van der Waals surface area (Å²) in [5.74, 6) is 1.71. The maximum absolute atomic E-state index is 11.1. The van der Waals surface area contributed by atoms with Crippen LogP contribution in [0.15, 0.2) is 12.2 Å². The van der Waals surface area contributed by atoms with E-state index in [9.17, 15) is 9.59 Å². The van der Waals surface area contributed by atoms with E-state index >= 15 is 0 Å². The number of allylic oxidation sites excluding steroid dienone is 2. The summed E-state index contributed by atoms with van der Waals surface area (Å²) >= 11 is 0. The van der Waals surface area contributed by atoms with E-state index in [1.54, 1.807) is 0 Å². The highest BCUT2D eigenvalue weighted by Gasteiger charge is 2.37. The molecule has 0 aromatic heterocycles. The summed E-state index contributed by atoms with van der Waals surface area (Å²) in [4.78, 5) is 22.1. The normalized spacial score (nSPS) is 30.7. The number of rotatable bonds is 7. The average Bonchev–Trinajstić information content (AvgIpc) is 2.67. The van der Waals surface area contributed by atoms with Gasteiger partial charge in [0.2, 0.25) is 0 Å². The second-order valence-corrected chi connectivity index (χ2v) is 5.74. The maximum Gasteiger partial charge on any atom is 0.305 e. The van der Waals surface area contributed by atoms with Crippen LogP contribution in [0.25, 0.3) is 0 Å². The molecule has 0 radical (unpaired) electrons. The number of carbonyl (C=O) groups excluding carboxylic acids is 2. The Labute approximate surface area is 116 Å². The lowest BCUT2D eigenvalue weighted by molar-refractivity contribution is -0.140. The minimum Gasteiger partial charge on any atom is -0.469 e. The van der Waals surface area contributed by atoms with E-state index in [0.29, 0.717) is 24.2 Å². The molecule has 3 nitrogen and oxygen atoms in total. The summed E-state index contributed by atoms with van der Waals surface area (Å²) < 4.78 is 4.59. The number of methoxy groups -OCH3 is 1. The van der Waals surface area contributed by atoms with Crippen LogP contribution in [0.3, 0.4) is 0 Å². The first-order chi connectivity index (χ1) is 9.10. The fraction of sp³-hybridized carbons (Fsp3) is 0.750. The zero-order valence-electron chi connectivity index (χ0n) is 12.3. The van der Waals surface area contributed by atoms with Gasteiger partial charge in [-0.2, -0.15) is 0 Å². The fourth-order valence-corrected chi connectivity index (χ4v) is 3.18. The van der Waals surface area contributed by atoms with Crippen LogP contribution < -0.4 is 0 Å². The van der Waals surface area contributed by atoms with Gasteiger partial charge in [0.1, 0.15) is 6.29 Å². The van der Waals surface area contributed by atoms with Gasteiger partial charge in [0.15, 0.2) is 0 Å². The van der Waals surface area contributed by atoms with Crippen molar-refractivity contribution < 1.29 is 14.3 Å². The number of unbranched alkanes of at least 4 members (excludes halogenated alkanes) is 1. The van der Waals surface area contributed by atoms with Crippen molar-refractivity contribution in [1.82, 2.24) is 0 Å². The molecule has 0 N–H and O–H groups in total. The second kappa shape index (κ2) is 8.13. The molecule has 0 aliphatic heterocycles. The lowest BCUT2D eigenvalue weighted by Crippen LogP contribution is -2.16. The van der Waals surface area contributed by atoms with Crippen molar-refractivity contribution in [3.05, 3.63) is 12.2 Å². The smallest absolute Gasteiger partial charge is 0.305 e. The molecule has 0 amide bonds. The Bertz CT molecular complexity index is 322. The second-order valence-electron chi connectivity index (χ2n) is 5.74. The van der Waals surface area contributed by atoms with Gasteiger partial charge in [0, 0.05) is 12.3 Å². The number of hydrogen-bond donors (Lipinski definition) is 0. The minimum absolute atomic E-state index is 0.146. The van der Waals surface area contributed by atoms with Crippen molar-refractivity contribution >= 4 is 12.3 Å². The first-order valence-corrected chi connectivity index (χ1v) is 7.27. The number of esters is 1. The Morgan fingerprint density at radius 1 is 1.26 bits per heavy atom. The zero-order valence-corrected chi connectivity index (χ0v) is 12.3. The number of carbonyl (C=O) groups is 2. The fourth-order valence-electron chi connectivity index (χ4n) is 3.18. The predicted molar refractivity (Wildman–Crippen MR) is 75.6 cm³/mol. The predicted octanol–water partition coefficient (Wildman–Crippen LogP) is 3.38. The van der Waals surface area contributed by atoms with Crippen LogP contribution in [0.2, 0.25) is 0 Å². The van der Waals surface area contributed by atoms with Crippen molar-refractivity contribution in [2.24, 2.45) is 23.7 Å². The van der Waals surface area contributed by atoms with Crippen LogP contribution in [0, 0.1) is 23.7 Å². The third kappa shape index (κ3) is 4.81. The molecule has 1 saturated carbocycles. The average molecular weight is 266 g/mol. The van der Waals surface area contributed by atoms with Gasteiger partial charge in [-0.3, -0.25) is 4.79 Å². The minimum atomic E-state index is -0.146. The van der Waals surface area contributed by atoms with E-state index in [2.05, 4.69) is 30.7 Å². The van der Waals surface area contributed by atoms with Crippen molar-refractivity contribution in [3.63, 3.8) is 0 Å². The van der Waals surface area contributed by atoms with E-state index < -0.39 is 0 Å². The summed E-state index contributed by atoms with van der Waals surface area (Å²) in [6, 6.07) is 0. The molecule has 0 heterocycles. The molecule has 0 aromatic rings. The van der Waals surface area contributed by atoms with Crippen LogP contribution in [0.4, 0.5) is 0 Å². The van der Waals surface area contributed by atoms with Crippen LogP contribution in [-0.2, 0) is 14.3 Å². The molecule has 0 bridgehead atoms. The molecule has 3 heteroatoms. The van der Waals surface area contributed by atoms with Gasteiger partial charge in [0.25, 0.3) is 0 Å². The lowest BCUT2D eigenvalue weighted by Gasteiger charge is -2.17. The monoisotopic (exact) mass is 266 g/mol. The molecule has 4 atom stereocenters. The Hall–Kier alpha value is -1.12. The molecular formula is C16H26O3. The maximum atomic E-state index is 11.1. The summed E-state index contributed by atoms with van der Waals surface area (Å²) in [6.45, 7) is 4.42. The molecule has 1 fully saturated rings. The van der Waals surface area contributed by atoms with Gasteiger partial charge < -0.3 is 9.53 Å². The van der Waals surface area contributed by atoms with Crippen molar-refractivity contribution in [3.8, 4) is 0 Å². The van der Waals surface area contributed by atoms with Crippen LogP contribution in [0.1, 0.15) is 46.0 Å². The first-order valence-electron chi connectivity index (χ1n) is 7.27. The lowest BCUT2D eigenvalue weighted by atomic mass is 9.86. The quantitative estimate of drug-likeness (QED) is 0.307. The highest BCUT2D eigenvalue weighted by atomic mass is 16.5. The molecule has 0 spiro atoms. The SMILES string of the molecule is COC(=O)CCC/C=C\C[C@@H]1C(C=O)[C@H](C)C[C@@H]1C. The molecular weight excluding hydrogens is 240 g/mol. The molecule has 19 heavy (non-hydrogen) atoms. The molecule has 0 aromatic carbocycles. The highest BCUT2D eigenvalue weighted by molar-refractivity contribution is 5.69. The van der Waals surface area contributed by atoms with E-state index in [-0.39, 0.29) is 11.9 Å². The Morgan fingerprint density at radius 2 is 2.00 bits per heavy atom. The van der Waals surface area contributed by atoms with Gasteiger partial charge in [0.05, 0.1) is 7.11 Å². The van der Waals surface area contributed by atoms with Crippen LogP contribution >= 0.6 is 0 Å². The molecule has 1 unspecified atom stereocenters. The van der Waals surface area contributed by atoms with E-state index in [1.165, 1.54) is 7.11 Å². The standard InChI is InChI=1S/C16H26O3/c1-12-10-13(2)15(11-17)14(12)8-6-4-5-7-9-16(18)19-3/h4,6,11-15H,5,7-10H2,1-3H3/b6-4-/t12-,13+,14-,15?/m0/s1. The topological polar surface area (TPSA) is 43.4 Å². The van der Waals surface area contributed by atoms with Gasteiger partial charge in [-0.15, -0.1) is 0 Å². The van der Waals surface area contributed by atoms with Crippen LogP contribution in [0.5, 0.6) is 0 Å². The Morgan fingerprint density at radius 3 is 2.63 bits per heavy atom. The largest absolute Gasteiger partial charge is 0.469 e. The molecule has 1 rings (SSSR count). The van der Waals surface area contributed by atoms with E-state index in [0.717, 1.165) is 32.0 Å². The summed E-state index contributed by atoms with van der Waals surface area (Å²) in [5.41, 5.74) is 0. The zero-order chi connectivity index (χ0) is 14.3. The highest BCUT2D eigenvalue weighted by Crippen LogP contribution is 2.42. The Balaban J connectivity index is 2.27. The third-order valence-corrected chi connectivity index (χ3v) is 4.34. The number of aldehydes is 1. The van der Waals surface area contributed by atoms with Crippen molar-refractivity contribution in [2.75, 3.05) is 7.11 Å². The van der Waals surface area contributed by atoms with Gasteiger partial charge in [-0.05, 0) is 43.4 Å². The van der Waals surface area contributed by atoms with E-state index in [4.69, 9.17) is 0 Å². The number of ether oxygens (including phenoxy) is 1. The molecule has 108 valence electrons. The van der Waals surface area contributed by atoms with Gasteiger partial charge in [-0.25, -0.2) is 0 Å². The van der Waals surface area contributed by atoms with Gasteiger partial charge >= 0.3 is 5.97 Å². The summed E-state index contributed by atoms with van der Waals surface area (Å²) in [6.07, 6.45) is 9.79. The molecule has 1 aliphatic carbocycles. The van der Waals surface area contributed by atoms with E-state index in [1.807, 2.05) is 0 Å². The summed E-state index contributed by atoms with van der Waals surface area (Å²) in [5, 5.41) is 0. The van der Waals surface area contributed by atoms with Crippen LogP contribution in [-0.4, -0.2) is 19.4 Å². The van der Waals surface area contributed by atoms with Gasteiger partial charge in [-0.1, -0.05) is 26.0 Å². The summed E-state index contributed by atoms with van der Waals surface area (Å²) in [7, 11) is 1.42. The first kappa shape index (κ1) is 15.9. The molecule has 1 aliphatic rings. The number of hydrogen-bond acceptors (Lipinski definition) is 3. The Kier molecular flexibility index (Phi) is 6.82. The van der Waals surface area contributed by atoms with Crippen molar-refractivity contribution in [2.45, 2.75) is 46.0 Å².